The number of anilines is 2. The van der Waals surface area contributed by atoms with Gasteiger partial charge in [0.25, 0.3) is 0 Å². The Morgan fingerprint density at radius 3 is 2.42 bits per heavy atom. The summed E-state index contributed by atoms with van der Waals surface area (Å²) < 4.78 is 24.8. The third-order valence-corrected chi connectivity index (χ3v) is 2.95. The minimum atomic E-state index is -3.37. The fraction of sp³-hybridized carbons (Fsp3) is 0.417. The lowest BCUT2D eigenvalue weighted by atomic mass is 10.2. The third-order valence-electron chi connectivity index (χ3n) is 2.35. The average Bonchev–Trinajstić information content (AvgIpc) is 2.30. The molecule has 106 valence electrons. The lowest BCUT2D eigenvalue weighted by Gasteiger charge is -2.11. The molecule has 0 saturated heterocycles. The standard InChI is InChI=1S/C12H19N3O3S/c1-19(17,18)15-11-7-3-2-6-10(11)14-12(16)8-4-5-9-13/h2-3,6-7,15H,4-5,8-9,13H2,1H3,(H,14,16). The van der Waals surface area contributed by atoms with Crippen LogP contribution in [0.5, 0.6) is 0 Å². The molecule has 0 aliphatic heterocycles. The first-order valence-corrected chi connectivity index (χ1v) is 7.88. The van der Waals surface area contributed by atoms with Gasteiger partial charge in [-0.05, 0) is 31.5 Å². The van der Waals surface area contributed by atoms with E-state index in [2.05, 4.69) is 10.0 Å². The number of para-hydroxylation sites is 2. The van der Waals surface area contributed by atoms with E-state index in [0.717, 1.165) is 12.7 Å². The summed E-state index contributed by atoms with van der Waals surface area (Å²) in [7, 11) is -3.37. The predicted molar refractivity (Wildman–Crippen MR) is 76.4 cm³/mol. The van der Waals surface area contributed by atoms with Crippen LogP contribution in [-0.4, -0.2) is 27.1 Å². The Labute approximate surface area is 113 Å². The maximum absolute atomic E-state index is 11.7. The maximum Gasteiger partial charge on any atom is 0.229 e. The quantitative estimate of drug-likeness (QED) is 0.653. The summed E-state index contributed by atoms with van der Waals surface area (Å²) in [6.07, 6.45) is 2.93. The first-order chi connectivity index (χ1) is 8.92. The zero-order valence-electron chi connectivity index (χ0n) is 10.8. The van der Waals surface area contributed by atoms with Crippen LogP contribution in [-0.2, 0) is 14.8 Å². The molecule has 0 radical (unpaired) electrons. The second kappa shape index (κ2) is 7.10. The van der Waals surface area contributed by atoms with Crippen LogP contribution in [0.2, 0.25) is 0 Å². The molecule has 19 heavy (non-hydrogen) atoms. The van der Waals surface area contributed by atoms with Gasteiger partial charge < -0.3 is 11.1 Å². The summed E-state index contributed by atoms with van der Waals surface area (Å²) in [4.78, 5) is 11.7. The number of carbonyl (C=O) groups is 1. The lowest BCUT2D eigenvalue weighted by Crippen LogP contribution is -2.16. The van der Waals surface area contributed by atoms with Crippen molar-refractivity contribution >= 4 is 27.3 Å². The third kappa shape index (κ3) is 6.21. The van der Waals surface area contributed by atoms with Crippen molar-refractivity contribution in [1.29, 1.82) is 0 Å². The van der Waals surface area contributed by atoms with E-state index in [-0.39, 0.29) is 5.91 Å². The van der Waals surface area contributed by atoms with Crippen molar-refractivity contribution in [2.45, 2.75) is 19.3 Å². The van der Waals surface area contributed by atoms with Crippen LogP contribution in [0.1, 0.15) is 19.3 Å². The van der Waals surface area contributed by atoms with Gasteiger partial charge in [0.2, 0.25) is 15.9 Å². The van der Waals surface area contributed by atoms with Crippen molar-refractivity contribution < 1.29 is 13.2 Å². The summed E-state index contributed by atoms with van der Waals surface area (Å²) in [6, 6.07) is 6.66. The highest BCUT2D eigenvalue weighted by Gasteiger charge is 2.09. The van der Waals surface area contributed by atoms with Crippen molar-refractivity contribution in [2.24, 2.45) is 5.73 Å². The molecule has 0 bridgehead atoms. The van der Waals surface area contributed by atoms with Gasteiger partial charge in [0.05, 0.1) is 17.6 Å². The van der Waals surface area contributed by atoms with Gasteiger partial charge >= 0.3 is 0 Å². The molecule has 0 unspecified atom stereocenters. The number of amides is 1. The van der Waals surface area contributed by atoms with Gasteiger partial charge in [0.1, 0.15) is 0 Å². The number of unbranched alkanes of at least 4 members (excludes halogenated alkanes) is 1. The van der Waals surface area contributed by atoms with Gasteiger partial charge in [0, 0.05) is 6.42 Å². The SMILES string of the molecule is CS(=O)(=O)Nc1ccccc1NC(=O)CCCCN. The number of hydrogen-bond donors (Lipinski definition) is 3. The number of nitrogens with two attached hydrogens (primary N) is 1. The van der Waals surface area contributed by atoms with Crippen LogP contribution < -0.4 is 15.8 Å². The molecule has 0 spiro atoms. The summed E-state index contributed by atoms with van der Waals surface area (Å²) in [6.45, 7) is 0.555. The Balaban J connectivity index is 2.70. The Morgan fingerprint density at radius 1 is 1.21 bits per heavy atom. The smallest absolute Gasteiger partial charge is 0.229 e. The Bertz CT molecular complexity index is 529. The van der Waals surface area contributed by atoms with E-state index in [0.29, 0.717) is 30.8 Å². The maximum atomic E-state index is 11.7. The molecule has 0 saturated carbocycles. The zero-order chi connectivity index (χ0) is 14.3. The summed E-state index contributed by atoms with van der Waals surface area (Å²) in [5.74, 6) is -0.156. The molecule has 1 aromatic rings. The van der Waals surface area contributed by atoms with Crippen LogP contribution in [0.3, 0.4) is 0 Å². The van der Waals surface area contributed by atoms with Crippen LogP contribution in [0.25, 0.3) is 0 Å². The van der Waals surface area contributed by atoms with Gasteiger partial charge in [-0.2, -0.15) is 0 Å². The van der Waals surface area contributed by atoms with Gasteiger partial charge in [-0.15, -0.1) is 0 Å². The molecular weight excluding hydrogens is 266 g/mol. The lowest BCUT2D eigenvalue weighted by molar-refractivity contribution is -0.116. The molecule has 0 heterocycles. The zero-order valence-corrected chi connectivity index (χ0v) is 11.7. The van der Waals surface area contributed by atoms with E-state index in [1.807, 2.05) is 0 Å². The number of sulfonamides is 1. The molecule has 1 rings (SSSR count). The fourth-order valence-electron chi connectivity index (χ4n) is 1.52. The van der Waals surface area contributed by atoms with Crippen molar-refractivity contribution in [1.82, 2.24) is 0 Å². The largest absolute Gasteiger partial charge is 0.330 e. The van der Waals surface area contributed by atoms with Crippen LogP contribution in [0, 0.1) is 0 Å². The van der Waals surface area contributed by atoms with E-state index in [1.54, 1.807) is 24.3 Å². The molecular formula is C12H19N3O3S. The Morgan fingerprint density at radius 2 is 1.84 bits per heavy atom. The molecule has 6 nitrogen and oxygen atoms in total. The van der Waals surface area contributed by atoms with E-state index < -0.39 is 10.0 Å². The van der Waals surface area contributed by atoms with Crippen molar-refractivity contribution in [3.05, 3.63) is 24.3 Å². The molecule has 0 aromatic heterocycles. The van der Waals surface area contributed by atoms with E-state index in [4.69, 9.17) is 5.73 Å². The highest BCUT2D eigenvalue weighted by atomic mass is 32.2. The minimum absolute atomic E-state index is 0.156. The molecule has 0 atom stereocenters. The molecule has 1 amide bonds. The van der Waals surface area contributed by atoms with E-state index in [1.165, 1.54) is 0 Å². The van der Waals surface area contributed by atoms with Crippen LogP contribution in [0.15, 0.2) is 24.3 Å². The average molecular weight is 285 g/mol. The fourth-order valence-corrected chi connectivity index (χ4v) is 2.10. The molecule has 0 fully saturated rings. The van der Waals surface area contributed by atoms with Gasteiger partial charge in [-0.25, -0.2) is 8.42 Å². The van der Waals surface area contributed by atoms with Crippen molar-refractivity contribution in [3.63, 3.8) is 0 Å². The summed E-state index contributed by atoms with van der Waals surface area (Å²) >= 11 is 0. The number of hydrogen-bond acceptors (Lipinski definition) is 4. The highest BCUT2D eigenvalue weighted by molar-refractivity contribution is 7.92. The first kappa shape index (κ1) is 15.5. The number of benzene rings is 1. The molecule has 4 N–H and O–H groups in total. The Kier molecular flexibility index (Phi) is 5.78. The van der Waals surface area contributed by atoms with Crippen molar-refractivity contribution in [2.75, 3.05) is 22.8 Å². The number of carbonyl (C=O) groups excluding carboxylic acids is 1. The highest BCUT2D eigenvalue weighted by Crippen LogP contribution is 2.22. The summed E-state index contributed by atoms with van der Waals surface area (Å²) in [5, 5.41) is 2.69. The predicted octanol–water partition coefficient (Wildman–Crippen LogP) is 1.13. The van der Waals surface area contributed by atoms with E-state index >= 15 is 0 Å². The normalized spacial score (nSPS) is 11.1. The monoisotopic (exact) mass is 285 g/mol. The van der Waals surface area contributed by atoms with Crippen LogP contribution in [0.4, 0.5) is 11.4 Å². The van der Waals surface area contributed by atoms with Gasteiger partial charge in [-0.1, -0.05) is 12.1 Å². The second-order valence-electron chi connectivity index (χ2n) is 4.21. The van der Waals surface area contributed by atoms with Crippen LogP contribution >= 0.6 is 0 Å². The number of rotatable bonds is 7. The number of nitrogens with one attached hydrogen (secondary N) is 2. The molecule has 0 aliphatic rings. The van der Waals surface area contributed by atoms with Crippen molar-refractivity contribution in [3.8, 4) is 0 Å². The van der Waals surface area contributed by atoms with Gasteiger partial charge in [-0.3, -0.25) is 9.52 Å². The first-order valence-electron chi connectivity index (χ1n) is 5.99. The topological polar surface area (TPSA) is 101 Å². The molecule has 0 aliphatic carbocycles. The minimum Gasteiger partial charge on any atom is -0.330 e. The van der Waals surface area contributed by atoms with E-state index in [9.17, 15) is 13.2 Å². The molecule has 7 heteroatoms. The molecule has 1 aromatic carbocycles. The van der Waals surface area contributed by atoms with Gasteiger partial charge in [0.15, 0.2) is 0 Å². The Hall–Kier alpha value is -1.60. The summed E-state index contributed by atoms with van der Waals surface area (Å²) in [5.41, 5.74) is 6.16. The second-order valence-corrected chi connectivity index (χ2v) is 5.96.